The Morgan fingerprint density at radius 1 is 0.872 bits per heavy atom. The van der Waals surface area contributed by atoms with Gasteiger partial charge in [0.2, 0.25) is 0 Å². The van der Waals surface area contributed by atoms with Gasteiger partial charge in [0.15, 0.2) is 0 Å². The van der Waals surface area contributed by atoms with Crippen LogP contribution in [0.2, 0.25) is 0 Å². The molecule has 0 aliphatic heterocycles. The lowest BCUT2D eigenvalue weighted by molar-refractivity contribution is -0.155. The Bertz CT molecular complexity index is 983. The van der Waals surface area contributed by atoms with E-state index in [0.29, 0.717) is 21.7 Å². The number of fused-ring (bicyclic) bond motifs is 5. The SMILES string of the molecule is C=C/C(C#CC)=C\CCC/C(=C\C)[C@H]1CC[C@H]2C3CCC4(CC)CC[C@](C)(CC)CC[C@]4(CC)C3CC[C@]12C. The molecule has 0 heteroatoms. The highest BCUT2D eigenvalue weighted by Gasteiger charge is 2.64. The van der Waals surface area contributed by atoms with E-state index in [1.807, 2.05) is 13.0 Å². The summed E-state index contributed by atoms with van der Waals surface area (Å²) < 4.78 is 0. The Labute approximate surface area is 244 Å². The zero-order valence-corrected chi connectivity index (χ0v) is 27.1. The highest BCUT2D eigenvalue weighted by atomic mass is 14.7. The molecule has 0 bridgehead atoms. The molecule has 0 aromatic rings. The summed E-state index contributed by atoms with van der Waals surface area (Å²) in [5, 5.41) is 0. The Balaban J connectivity index is 1.53. The van der Waals surface area contributed by atoms with Crippen LogP contribution in [0.25, 0.3) is 0 Å². The maximum atomic E-state index is 3.94. The Morgan fingerprint density at radius 2 is 1.64 bits per heavy atom. The maximum absolute atomic E-state index is 3.94. The minimum Gasteiger partial charge on any atom is -0.101 e. The van der Waals surface area contributed by atoms with Gasteiger partial charge in [-0.25, -0.2) is 0 Å². The second-order valence-corrected chi connectivity index (χ2v) is 14.9. The number of rotatable bonds is 9. The molecule has 0 amide bonds. The third-order valence-corrected chi connectivity index (χ3v) is 14.0. The minimum absolute atomic E-state index is 0.516. The Morgan fingerprint density at radius 3 is 2.28 bits per heavy atom. The van der Waals surface area contributed by atoms with Gasteiger partial charge in [-0.2, -0.15) is 0 Å². The molecule has 4 fully saturated rings. The van der Waals surface area contributed by atoms with Crippen LogP contribution in [0.3, 0.4) is 0 Å². The summed E-state index contributed by atoms with van der Waals surface area (Å²) >= 11 is 0. The summed E-state index contributed by atoms with van der Waals surface area (Å²) in [4.78, 5) is 0. The molecule has 4 saturated carbocycles. The summed E-state index contributed by atoms with van der Waals surface area (Å²) in [5.41, 5.74) is 5.15. The van der Waals surface area contributed by atoms with Crippen LogP contribution in [0.15, 0.2) is 36.0 Å². The van der Waals surface area contributed by atoms with Crippen LogP contribution in [0.4, 0.5) is 0 Å². The summed E-state index contributed by atoms with van der Waals surface area (Å²) in [5.74, 6) is 9.91. The van der Waals surface area contributed by atoms with E-state index in [2.05, 4.69) is 72.1 Å². The molecule has 4 aliphatic carbocycles. The molecule has 39 heavy (non-hydrogen) atoms. The second-order valence-electron chi connectivity index (χ2n) is 14.9. The summed E-state index contributed by atoms with van der Waals surface area (Å²) in [7, 11) is 0. The van der Waals surface area contributed by atoms with Crippen molar-refractivity contribution in [3.8, 4) is 11.8 Å². The molecule has 3 unspecified atom stereocenters. The van der Waals surface area contributed by atoms with Gasteiger partial charge in [0, 0.05) is 5.57 Å². The van der Waals surface area contributed by atoms with E-state index < -0.39 is 0 Å². The van der Waals surface area contributed by atoms with Gasteiger partial charge >= 0.3 is 0 Å². The van der Waals surface area contributed by atoms with Gasteiger partial charge in [-0.1, -0.05) is 77.3 Å². The normalized spacial score (nSPS) is 42.4. The molecular weight excluding hydrogens is 468 g/mol. The zero-order valence-electron chi connectivity index (χ0n) is 27.1. The molecule has 4 aliphatic rings. The molecule has 0 aromatic heterocycles. The minimum atomic E-state index is 0.516. The van der Waals surface area contributed by atoms with E-state index in [9.17, 15) is 0 Å². The monoisotopic (exact) mass is 530 g/mol. The van der Waals surface area contributed by atoms with E-state index >= 15 is 0 Å². The number of hydrogen-bond acceptors (Lipinski definition) is 0. The third kappa shape index (κ3) is 5.28. The van der Waals surface area contributed by atoms with Crippen molar-refractivity contribution in [2.75, 3.05) is 0 Å². The number of hydrogen-bond donors (Lipinski definition) is 0. The van der Waals surface area contributed by atoms with Crippen molar-refractivity contribution in [3.05, 3.63) is 36.0 Å². The van der Waals surface area contributed by atoms with E-state index in [-0.39, 0.29) is 0 Å². The zero-order chi connectivity index (χ0) is 28.3. The van der Waals surface area contributed by atoms with Crippen LogP contribution in [0.5, 0.6) is 0 Å². The van der Waals surface area contributed by atoms with Crippen molar-refractivity contribution in [1.82, 2.24) is 0 Å². The molecule has 0 N–H and O–H groups in total. The smallest absolute Gasteiger partial charge is 0.0199 e. The van der Waals surface area contributed by atoms with Gasteiger partial charge in [0.1, 0.15) is 0 Å². The molecule has 0 aromatic carbocycles. The average molecular weight is 531 g/mol. The van der Waals surface area contributed by atoms with Gasteiger partial charge in [0.25, 0.3) is 0 Å². The van der Waals surface area contributed by atoms with Crippen LogP contribution in [0.1, 0.15) is 151 Å². The largest absolute Gasteiger partial charge is 0.101 e. The van der Waals surface area contributed by atoms with Crippen molar-refractivity contribution in [2.24, 2.45) is 45.3 Å². The van der Waals surface area contributed by atoms with Crippen molar-refractivity contribution < 1.29 is 0 Å². The topological polar surface area (TPSA) is 0 Å². The van der Waals surface area contributed by atoms with Crippen LogP contribution in [-0.2, 0) is 0 Å². The lowest BCUT2D eigenvalue weighted by atomic mass is 9.40. The Hall–Kier alpha value is -1.22. The second kappa shape index (κ2) is 12.3. The fourth-order valence-electron chi connectivity index (χ4n) is 11.4. The maximum Gasteiger partial charge on any atom is 0.0199 e. The molecule has 4 rings (SSSR count). The highest BCUT2D eigenvalue weighted by Crippen LogP contribution is 2.73. The van der Waals surface area contributed by atoms with Gasteiger partial charge in [-0.05, 0) is 155 Å². The first-order valence-electron chi connectivity index (χ1n) is 17.1. The molecule has 0 radical (unpaired) electrons. The highest BCUT2D eigenvalue weighted by molar-refractivity contribution is 5.36. The van der Waals surface area contributed by atoms with Crippen molar-refractivity contribution in [1.29, 1.82) is 0 Å². The summed E-state index contributed by atoms with van der Waals surface area (Å²) in [6, 6.07) is 0. The predicted molar refractivity (Wildman–Crippen MR) is 171 cm³/mol. The van der Waals surface area contributed by atoms with Gasteiger partial charge in [-0.15, -0.1) is 5.92 Å². The molecule has 8 atom stereocenters. The van der Waals surface area contributed by atoms with Crippen molar-refractivity contribution >= 4 is 0 Å². The first-order chi connectivity index (χ1) is 18.7. The van der Waals surface area contributed by atoms with Gasteiger partial charge in [0.05, 0.1) is 0 Å². The molecule has 218 valence electrons. The number of unbranched alkanes of at least 4 members (excludes halogenated alkanes) is 1. The summed E-state index contributed by atoms with van der Waals surface area (Å²) in [6.45, 7) is 21.2. The Kier molecular flexibility index (Phi) is 9.72. The number of allylic oxidation sites excluding steroid dienone is 5. The lowest BCUT2D eigenvalue weighted by Crippen LogP contribution is -2.57. The molecular formula is C39H62. The quantitative estimate of drug-likeness (QED) is 0.120. The standard InChI is InChI=1S/C39H62/c1-9-17-30(10-2)18-15-16-19-31(11-3)33-20-21-34-32-22-25-38(13-5)28-26-36(7,12-4)27-29-39(38,14-6)35(32)23-24-37(33,34)8/h10-11,18,32-35H,2,12-16,19-29H2,1,3-8H3/b30-18+,31-11+/t32?,33-,34+,35?,36+,37-,38?,39-/m1/s1. The summed E-state index contributed by atoms with van der Waals surface area (Å²) in [6.07, 6.45) is 29.4. The van der Waals surface area contributed by atoms with E-state index in [4.69, 9.17) is 0 Å². The van der Waals surface area contributed by atoms with Crippen molar-refractivity contribution in [3.63, 3.8) is 0 Å². The fourth-order valence-corrected chi connectivity index (χ4v) is 11.4. The van der Waals surface area contributed by atoms with Crippen LogP contribution in [-0.4, -0.2) is 0 Å². The van der Waals surface area contributed by atoms with E-state index in [1.54, 1.807) is 5.57 Å². The van der Waals surface area contributed by atoms with E-state index in [1.165, 1.54) is 96.3 Å². The predicted octanol–water partition coefficient (Wildman–Crippen LogP) is 11.9. The van der Waals surface area contributed by atoms with Crippen LogP contribution >= 0.6 is 0 Å². The fraction of sp³-hybridized carbons (Fsp3) is 0.795. The third-order valence-electron chi connectivity index (χ3n) is 14.0. The first-order valence-corrected chi connectivity index (χ1v) is 17.1. The van der Waals surface area contributed by atoms with Crippen LogP contribution in [0, 0.1) is 57.2 Å². The molecule has 0 saturated heterocycles. The van der Waals surface area contributed by atoms with Crippen molar-refractivity contribution in [2.45, 2.75) is 151 Å². The lowest BCUT2D eigenvalue weighted by Gasteiger charge is -2.65. The average Bonchev–Trinajstić information content (AvgIpc) is 3.24. The van der Waals surface area contributed by atoms with Gasteiger partial charge in [-0.3, -0.25) is 0 Å². The van der Waals surface area contributed by atoms with Gasteiger partial charge < -0.3 is 0 Å². The van der Waals surface area contributed by atoms with E-state index in [0.717, 1.165) is 35.7 Å². The van der Waals surface area contributed by atoms with Crippen LogP contribution < -0.4 is 0 Å². The molecule has 0 nitrogen and oxygen atoms in total. The molecule has 0 heterocycles. The molecule has 0 spiro atoms. The first kappa shape index (κ1) is 30.7.